The predicted octanol–water partition coefficient (Wildman–Crippen LogP) is 1.21. The van der Waals surface area contributed by atoms with Crippen molar-refractivity contribution in [3.63, 3.8) is 0 Å². The Morgan fingerprint density at radius 3 is 3.08 bits per heavy atom. The minimum Gasteiger partial charge on any atom is -0.497 e. The molecule has 70 valence electrons. The zero-order chi connectivity index (χ0) is 9.10. The summed E-state index contributed by atoms with van der Waals surface area (Å²) in [5, 5.41) is 6.69. The second-order valence-electron chi connectivity index (χ2n) is 3.13. The van der Waals surface area contributed by atoms with Gasteiger partial charge in [0.25, 0.3) is 0 Å². The number of benzene rings is 1. The summed E-state index contributed by atoms with van der Waals surface area (Å²) < 4.78 is 5.16. The minimum atomic E-state index is 0.910. The van der Waals surface area contributed by atoms with E-state index in [1.807, 2.05) is 12.1 Å². The monoisotopic (exact) mass is 178 g/mol. The Hall–Kier alpha value is -1.22. The van der Waals surface area contributed by atoms with E-state index in [4.69, 9.17) is 4.74 Å². The fraction of sp³-hybridized carbons (Fsp3) is 0.400. The van der Waals surface area contributed by atoms with Crippen LogP contribution >= 0.6 is 0 Å². The summed E-state index contributed by atoms with van der Waals surface area (Å²) in [6, 6.07) is 6.13. The summed E-state index contributed by atoms with van der Waals surface area (Å²) in [4.78, 5) is 0. The van der Waals surface area contributed by atoms with Gasteiger partial charge in [-0.1, -0.05) is 6.07 Å². The van der Waals surface area contributed by atoms with E-state index in [-0.39, 0.29) is 0 Å². The topological polar surface area (TPSA) is 33.3 Å². The lowest BCUT2D eigenvalue weighted by Crippen LogP contribution is -2.16. The number of anilines is 1. The average molecular weight is 178 g/mol. The molecule has 0 amide bonds. The Labute approximate surface area is 78.1 Å². The van der Waals surface area contributed by atoms with Gasteiger partial charge in [0.1, 0.15) is 5.75 Å². The van der Waals surface area contributed by atoms with Crippen molar-refractivity contribution in [3.8, 4) is 5.75 Å². The number of nitrogens with one attached hydrogen (secondary N) is 2. The number of methoxy groups -OCH3 is 1. The van der Waals surface area contributed by atoms with Crippen molar-refractivity contribution in [3.05, 3.63) is 23.8 Å². The van der Waals surface area contributed by atoms with Crippen LogP contribution in [-0.2, 0) is 6.54 Å². The highest BCUT2D eigenvalue weighted by Crippen LogP contribution is 2.23. The summed E-state index contributed by atoms with van der Waals surface area (Å²) in [5.41, 5.74) is 2.49. The molecule has 0 radical (unpaired) electrons. The fourth-order valence-corrected chi connectivity index (χ4v) is 1.51. The maximum absolute atomic E-state index is 5.16. The number of hydrogen-bond acceptors (Lipinski definition) is 3. The van der Waals surface area contributed by atoms with Gasteiger partial charge >= 0.3 is 0 Å². The van der Waals surface area contributed by atoms with Gasteiger partial charge in [-0.3, -0.25) is 0 Å². The second-order valence-corrected chi connectivity index (χ2v) is 3.13. The van der Waals surface area contributed by atoms with Crippen molar-refractivity contribution in [2.45, 2.75) is 6.54 Å². The molecule has 0 aromatic heterocycles. The van der Waals surface area contributed by atoms with Crippen molar-refractivity contribution in [2.24, 2.45) is 0 Å². The standard InChI is InChI=1S/C10H14N2O/c1-13-9-3-2-8-7-11-4-5-12-10(8)6-9/h2-3,6,11-12H,4-5,7H2,1H3. The average Bonchev–Trinajstić information content (AvgIpc) is 2.41. The SMILES string of the molecule is COc1ccc2c(c1)NCCNC2. The van der Waals surface area contributed by atoms with E-state index < -0.39 is 0 Å². The van der Waals surface area contributed by atoms with Gasteiger partial charge in [-0.15, -0.1) is 0 Å². The van der Waals surface area contributed by atoms with Gasteiger partial charge < -0.3 is 15.4 Å². The van der Waals surface area contributed by atoms with Crippen LogP contribution in [0.1, 0.15) is 5.56 Å². The first-order chi connectivity index (χ1) is 6.40. The Morgan fingerprint density at radius 2 is 2.23 bits per heavy atom. The smallest absolute Gasteiger partial charge is 0.120 e. The zero-order valence-electron chi connectivity index (χ0n) is 7.76. The molecule has 0 bridgehead atoms. The van der Waals surface area contributed by atoms with Gasteiger partial charge in [0.15, 0.2) is 0 Å². The molecule has 2 rings (SSSR count). The van der Waals surface area contributed by atoms with Gasteiger partial charge in [-0.2, -0.15) is 0 Å². The van der Waals surface area contributed by atoms with Crippen LogP contribution in [0, 0.1) is 0 Å². The lowest BCUT2D eigenvalue weighted by molar-refractivity contribution is 0.415. The highest BCUT2D eigenvalue weighted by Gasteiger charge is 2.06. The molecule has 1 aromatic rings. The molecular weight excluding hydrogens is 164 g/mol. The zero-order valence-corrected chi connectivity index (χ0v) is 7.76. The molecule has 0 saturated carbocycles. The van der Waals surface area contributed by atoms with E-state index in [1.54, 1.807) is 7.11 Å². The largest absolute Gasteiger partial charge is 0.497 e. The minimum absolute atomic E-state index is 0.910. The van der Waals surface area contributed by atoms with E-state index >= 15 is 0 Å². The lowest BCUT2D eigenvalue weighted by atomic mass is 10.1. The van der Waals surface area contributed by atoms with Crippen LogP contribution in [0.2, 0.25) is 0 Å². The quantitative estimate of drug-likeness (QED) is 0.678. The number of ether oxygens (including phenoxy) is 1. The summed E-state index contributed by atoms with van der Waals surface area (Å²) in [6.45, 7) is 2.92. The highest BCUT2D eigenvalue weighted by atomic mass is 16.5. The molecule has 0 aliphatic carbocycles. The summed E-state index contributed by atoms with van der Waals surface area (Å²) in [6.07, 6.45) is 0. The molecular formula is C10H14N2O. The summed E-state index contributed by atoms with van der Waals surface area (Å²) in [5.74, 6) is 0.910. The van der Waals surface area contributed by atoms with E-state index in [9.17, 15) is 0 Å². The van der Waals surface area contributed by atoms with E-state index in [0.29, 0.717) is 0 Å². The molecule has 0 spiro atoms. The van der Waals surface area contributed by atoms with Crippen LogP contribution in [0.4, 0.5) is 5.69 Å². The van der Waals surface area contributed by atoms with Crippen LogP contribution < -0.4 is 15.4 Å². The molecule has 3 heteroatoms. The fourth-order valence-electron chi connectivity index (χ4n) is 1.51. The third kappa shape index (κ3) is 1.75. The number of fused-ring (bicyclic) bond motifs is 1. The van der Waals surface area contributed by atoms with E-state index in [2.05, 4.69) is 16.7 Å². The maximum atomic E-state index is 5.16. The van der Waals surface area contributed by atoms with E-state index in [0.717, 1.165) is 25.4 Å². The molecule has 0 atom stereocenters. The Balaban J connectivity index is 2.32. The van der Waals surface area contributed by atoms with Crippen molar-refractivity contribution >= 4 is 5.69 Å². The maximum Gasteiger partial charge on any atom is 0.120 e. The van der Waals surface area contributed by atoms with Crippen LogP contribution in [0.3, 0.4) is 0 Å². The predicted molar refractivity (Wildman–Crippen MR) is 53.2 cm³/mol. The summed E-state index contributed by atoms with van der Waals surface area (Å²) >= 11 is 0. The molecule has 0 saturated heterocycles. The lowest BCUT2D eigenvalue weighted by Gasteiger charge is -2.08. The molecule has 3 nitrogen and oxygen atoms in total. The highest BCUT2D eigenvalue weighted by molar-refractivity contribution is 5.55. The van der Waals surface area contributed by atoms with E-state index in [1.165, 1.54) is 11.3 Å². The Kier molecular flexibility index (Phi) is 2.36. The van der Waals surface area contributed by atoms with Crippen LogP contribution in [0.5, 0.6) is 5.75 Å². The summed E-state index contributed by atoms with van der Waals surface area (Å²) in [7, 11) is 1.69. The third-order valence-corrected chi connectivity index (χ3v) is 2.25. The molecule has 0 fully saturated rings. The normalized spacial score (nSPS) is 15.5. The van der Waals surface area contributed by atoms with Gasteiger partial charge in [0.2, 0.25) is 0 Å². The van der Waals surface area contributed by atoms with Gasteiger partial charge in [0, 0.05) is 31.4 Å². The van der Waals surface area contributed by atoms with Crippen molar-refractivity contribution in [1.29, 1.82) is 0 Å². The number of rotatable bonds is 1. The third-order valence-electron chi connectivity index (χ3n) is 2.25. The molecule has 13 heavy (non-hydrogen) atoms. The molecule has 2 N–H and O–H groups in total. The van der Waals surface area contributed by atoms with Crippen molar-refractivity contribution in [2.75, 3.05) is 25.5 Å². The molecule has 1 heterocycles. The second kappa shape index (κ2) is 3.66. The first-order valence-electron chi connectivity index (χ1n) is 4.51. The molecule has 1 aromatic carbocycles. The molecule has 1 aliphatic heterocycles. The van der Waals surface area contributed by atoms with Gasteiger partial charge in [0.05, 0.1) is 7.11 Å². The van der Waals surface area contributed by atoms with Crippen molar-refractivity contribution < 1.29 is 4.74 Å². The van der Waals surface area contributed by atoms with Gasteiger partial charge in [-0.05, 0) is 11.6 Å². The van der Waals surface area contributed by atoms with Crippen LogP contribution in [-0.4, -0.2) is 20.2 Å². The van der Waals surface area contributed by atoms with Gasteiger partial charge in [-0.25, -0.2) is 0 Å². The molecule has 1 aliphatic rings. The molecule has 0 unspecified atom stereocenters. The Morgan fingerprint density at radius 1 is 1.31 bits per heavy atom. The first kappa shape index (κ1) is 8.38. The Bertz CT molecular complexity index is 299. The first-order valence-corrected chi connectivity index (χ1v) is 4.51. The van der Waals surface area contributed by atoms with Crippen LogP contribution in [0.25, 0.3) is 0 Å². The van der Waals surface area contributed by atoms with Crippen LogP contribution in [0.15, 0.2) is 18.2 Å². The number of hydrogen-bond donors (Lipinski definition) is 2. The van der Waals surface area contributed by atoms with Crippen molar-refractivity contribution in [1.82, 2.24) is 5.32 Å².